The fourth-order valence-electron chi connectivity index (χ4n) is 3.45. The number of pyridine rings is 1. The molecule has 4 rings (SSSR count). The highest BCUT2D eigenvalue weighted by molar-refractivity contribution is 7.15. The molecule has 0 saturated heterocycles. The molecule has 9 heteroatoms. The number of rotatable bonds is 5. The zero-order valence-corrected chi connectivity index (χ0v) is 18.1. The lowest BCUT2D eigenvalue weighted by Crippen LogP contribution is -2.36. The molecule has 8 nitrogen and oxygen atoms in total. The highest BCUT2D eigenvalue weighted by Gasteiger charge is 2.25. The molecule has 0 radical (unpaired) electrons. The Hall–Kier alpha value is -3.07. The van der Waals surface area contributed by atoms with E-state index >= 15 is 0 Å². The SMILES string of the molecule is Cc1c(C(=O)Nc2nc3c(s2)CN(C(=O)CC(C)C)CC3)cnn1-c1ccccn1. The normalized spacial score (nSPS) is 13.4. The standard InChI is InChI=1S/C21H24N6O2S/c1-13(2)10-19(28)26-9-7-16-17(12-26)30-21(24-16)25-20(29)15-11-23-27(14(15)3)18-6-4-5-8-22-18/h4-6,8,11,13H,7,9-10,12H2,1-3H3,(H,24,25,29). The molecule has 0 unspecified atom stereocenters. The van der Waals surface area contributed by atoms with E-state index in [0.29, 0.717) is 54.1 Å². The maximum absolute atomic E-state index is 12.8. The van der Waals surface area contributed by atoms with E-state index in [-0.39, 0.29) is 11.8 Å². The topological polar surface area (TPSA) is 93.0 Å². The van der Waals surface area contributed by atoms with Crippen LogP contribution in [0, 0.1) is 12.8 Å². The first kappa shape index (κ1) is 20.2. The van der Waals surface area contributed by atoms with Gasteiger partial charge in [-0.15, -0.1) is 0 Å². The highest BCUT2D eigenvalue weighted by atomic mass is 32.1. The number of aromatic nitrogens is 4. The molecule has 3 aromatic rings. The van der Waals surface area contributed by atoms with Gasteiger partial charge in [0.1, 0.15) is 0 Å². The maximum Gasteiger partial charge on any atom is 0.260 e. The summed E-state index contributed by atoms with van der Waals surface area (Å²) in [7, 11) is 0. The van der Waals surface area contributed by atoms with Gasteiger partial charge >= 0.3 is 0 Å². The largest absolute Gasteiger partial charge is 0.337 e. The molecule has 0 saturated carbocycles. The van der Waals surface area contributed by atoms with Gasteiger partial charge in [0.15, 0.2) is 10.9 Å². The van der Waals surface area contributed by atoms with Crippen molar-refractivity contribution < 1.29 is 9.59 Å². The Kier molecular flexibility index (Phi) is 5.63. The molecule has 0 atom stereocenters. The first-order valence-corrected chi connectivity index (χ1v) is 10.8. The third-order valence-electron chi connectivity index (χ3n) is 5.01. The minimum atomic E-state index is -0.256. The van der Waals surface area contributed by atoms with Crippen LogP contribution in [0.3, 0.4) is 0 Å². The number of hydrogen-bond acceptors (Lipinski definition) is 6. The summed E-state index contributed by atoms with van der Waals surface area (Å²) < 4.78 is 1.64. The molecule has 0 spiro atoms. The number of fused-ring (bicyclic) bond motifs is 1. The molecule has 3 aromatic heterocycles. The zero-order valence-electron chi connectivity index (χ0n) is 17.3. The van der Waals surface area contributed by atoms with Crippen molar-refractivity contribution in [2.45, 2.75) is 40.2 Å². The second-order valence-corrected chi connectivity index (χ2v) is 8.83. The molecule has 0 fully saturated rings. The molecule has 0 aromatic carbocycles. The molecular formula is C21H24N6O2S. The van der Waals surface area contributed by atoms with Gasteiger partial charge in [-0.1, -0.05) is 31.3 Å². The van der Waals surface area contributed by atoms with E-state index in [0.717, 1.165) is 10.6 Å². The first-order chi connectivity index (χ1) is 14.4. The Morgan fingerprint density at radius 1 is 1.30 bits per heavy atom. The van der Waals surface area contributed by atoms with Crippen LogP contribution in [0.5, 0.6) is 0 Å². The second kappa shape index (κ2) is 8.35. The van der Waals surface area contributed by atoms with Crippen molar-refractivity contribution >= 4 is 28.3 Å². The summed E-state index contributed by atoms with van der Waals surface area (Å²) in [6, 6.07) is 5.54. The molecule has 2 amide bonds. The number of carbonyl (C=O) groups is 2. The summed E-state index contributed by atoms with van der Waals surface area (Å²) in [5.74, 6) is 0.913. The van der Waals surface area contributed by atoms with E-state index in [1.54, 1.807) is 17.1 Å². The van der Waals surface area contributed by atoms with Crippen LogP contribution in [0.4, 0.5) is 5.13 Å². The number of hydrogen-bond donors (Lipinski definition) is 1. The first-order valence-electron chi connectivity index (χ1n) is 9.96. The van der Waals surface area contributed by atoms with Crippen LogP contribution in [-0.4, -0.2) is 43.0 Å². The quantitative estimate of drug-likeness (QED) is 0.679. The summed E-state index contributed by atoms with van der Waals surface area (Å²) in [6.07, 6.45) is 4.49. The lowest BCUT2D eigenvalue weighted by Gasteiger charge is -2.26. The lowest BCUT2D eigenvalue weighted by atomic mass is 10.1. The van der Waals surface area contributed by atoms with Gasteiger partial charge in [-0.05, 0) is 25.0 Å². The van der Waals surface area contributed by atoms with Gasteiger partial charge in [-0.3, -0.25) is 14.9 Å². The summed E-state index contributed by atoms with van der Waals surface area (Å²) in [5, 5.41) is 7.74. The second-order valence-electron chi connectivity index (χ2n) is 7.75. The summed E-state index contributed by atoms with van der Waals surface area (Å²) in [6.45, 7) is 7.16. The van der Waals surface area contributed by atoms with Crippen molar-refractivity contribution in [3.8, 4) is 5.82 Å². The molecule has 1 aliphatic rings. The smallest absolute Gasteiger partial charge is 0.260 e. The Labute approximate surface area is 179 Å². The molecular weight excluding hydrogens is 400 g/mol. The van der Waals surface area contributed by atoms with Gasteiger partial charge in [-0.25, -0.2) is 14.6 Å². The Morgan fingerprint density at radius 2 is 2.13 bits per heavy atom. The minimum absolute atomic E-state index is 0.173. The number of carbonyl (C=O) groups excluding carboxylic acids is 2. The van der Waals surface area contributed by atoms with Crippen molar-refractivity contribution in [2.24, 2.45) is 5.92 Å². The summed E-state index contributed by atoms with van der Waals surface area (Å²) in [4.78, 5) is 36.9. The van der Waals surface area contributed by atoms with Crippen molar-refractivity contribution in [1.29, 1.82) is 0 Å². The van der Waals surface area contributed by atoms with Crippen LogP contribution in [0.15, 0.2) is 30.6 Å². The zero-order chi connectivity index (χ0) is 21.3. The molecule has 1 aliphatic heterocycles. The van der Waals surface area contributed by atoms with Gasteiger partial charge in [0, 0.05) is 30.5 Å². The maximum atomic E-state index is 12.8. The minimum Gasteiger partial charge on any atom is -0.337 e. The fraction of sp³-hybridized carbons (Fsp3) is 0.381. The molecule has 4 heterocycles. The van der Waals surface area contributed by atoms with Crippen molar-refractivity contribution in [3.63, 3.8) is 0 Å². The van der Waals surface area contributed by atoms with Crippen LogP contribution >= 0.6 is 11.3 Å². The van der Waals surface area contributed by atoms with Gasteiger partial charge < -0.3 is 4.90 Å². The summed E-state index contributed by atoms with van der Waals surface area (Å²) in [5.41, 5.74) is 2.14. The summed E-state index contributed by atoms with van der Waals surface area (Å²) >= 11 is 1.43. The average Bonchev–Trinajstić information content (AvgIpc) is 3.30. The molecule has 1 N–H and O–H groups in total. The Morgan fingerprint density at radius 3 is 2.87 bits per heavy atom. The fourth-order valence-corrected chi connectivity index (χ4v) is 4.47. The predicted molar refractivity (Wildman–Crippen MR) is 115 cm³/mol. The van der Waals surface area contributed by atoms with E-state index in [4.69, 9.17) is 0 Å². The Balaban J connectivity index is 1.47. The van der Waals surface area contributed by atoms with Gasteiger partial charge in [-0.2, -0.15) is 5.10 Å². The van der Waals surface area contributed by atoms with E-state index in [9.17, 15) is 9.59 Å². The van der Waals surface area contributed by atoms with Crippen LogP contribution in [0.2, 0.25) is 0 Å². The molecule has 0 bridgehead atoms. The predicted octanol–water partition coefficient (Wildman–Crippen LogP) is 3.22. The van der Waals surface area contributed by atoms with Gasteiger partial charge in [0.05, 0.1) is 29.7 Å². The lowest BCUT2D eigenvalue weighted by molar-refractivity contribution is -0.132. The number of thiazole rings is 1. The number of nitrogens with zero attached hydrogens (tertiary/aromatic N) is 5. The van der Waals surface area contributed by atoms with E-state index in [2.05, 4.69) is 20.4 Å². The number of amides is 2. The number of anilines is 1. The third kappa shape index (κ3) is 4.11. The van der Waals surface area contributed by atoms with E-state index in [1.165, 1.54) is 11.3 Å². The average molecular weight is 425 g/mol. The molecule has 0 aliphatic carbocycles. The van der Waals surface area contributed by atoms with Crippen molar-refractivity contribution in [2.75, 3.05) is 11.9 Å². The van der Waals surface area contributed by atoms with Crippen LogP contribution in [-0.2, 0) is 17.8 Å². The van der Waals surface area contributed by atoms with Gasteiger partial charge in [0.25, 0.3) is 5.91 Å². The van der Waals surface area contributed by atoms with Crippen LogP contribution in [0.25, 0.3) is 5.82 Å². The van der Waals surface area contributed by atoms with Crippen LogP contribution in [0.1, 0.15) is 46.9 Å². The van der Waals surface area contributed by atoms with Crippen molar-refractivity contribution in [3.05, 3.63) is 52.4 Å². The van der Waals surface area contributed by atoms with Gasteiger partial charge in [0.2, 0.25) is 5.91 Å². The Bertz CT molecular complexity index is 1070. The van der Waals surface area contributed by atoms with E-state index in [1.807, 2.05) is 43.9 Å². The highest BCUT2D eigenvalue weighted by Crippen LogP contribution is 2.29. The van der Waals surface area contributed by atoms with Crippen LogP contribution < -0.4 is 5.32 Å². The number of nitrogens with one attached hydrogen (secondary N) is 1. The molecule has 30 heavy (non-hydrogen) atoms. The monoisotopic (exact) mass is 424 g/mol. The van der Waals surface area contributed by atoms with Crippen molar-refractivity contribution in [1.82, 2.24) is 24.6 Å². The van der Waals surface area contributed by atoms with E-state index < -0.39 is 0 Å². The molecule has 156 valence electrons. The third-order valence-corrected chi connectivity index (χ3v) is 6.01.